The van der Waals surface area contributed by atoms with Crippen LogP contribution in [0.25, 0.3) is 33.1 Å². The van der Waals surface area contributed by atoms with Crippen molar-refractivity contribution in [2.24, 2.45) is 5.41 Å². The highest BCUT2D eigenvalue weighted by Gasteiger charge is 2.58. The van der Waals surface area contributed by atoms with Crippen molar-refractivity contribution in [2.45, 2.75) is 57.9 Å². The normalized spacial score (nSPS) is 21.0. The Balaban J connectivity index is 1.27. The van der Waals surface area contributed by atoms with Crippen LogP contribution in [0.3, 0.4) is 0 Å². The molecule has 0 unspecified atom stereocenters. The van der Waals surface area contributed by atoms with Gasteiger partial charge in [-0.1, -0.05) is 19.1 Å². The van der Waals surface area contributed by atoms with Gasteiger partial charge < -0.3 is 20.5 Å². The molecule has 14 heteroatoms. The molecule has 5 aromatic rings. The molecule has 236 valence electrons. The van der Waals surface area contributed by atoms with E-state index in [-0.39, 0.29) is 35.6 Å². The van der Waals surface area contributed by atoms with Gasteiger partial charge in [0.15, 0.2) is 0 Å². The van der Waals surface area contributed by atoms with Crippen LogP contribution >= 0.6 is 15.9 Å². The van der Waals surface area contributed by atoms with Crippen LogP contribution in [0.2, 0.25) is 0 Å². The third-order valence-electron chi connectivity index (χ3n) is 9.31. The minimum atomic E-state index is -4.55. The Bertz CT molecular complexity index is 2050. The molecule has 2 aliphatic rings. The Morgan fingerprint density at radius 3 is 2.61 bits per heavy atom. The number of hydrogen-bond acceptors (Lipinski definition) is 7. The fraction of sp³-hybridized carbons (Fsp3) is 0.312. The number of alkyl halides is 3. The fourth-order valence-electron chi connectivity index (χ4n) is 7.05. The molecule has 3 atom stereocenters. The highest BCUT2D eigenvalue weighted by molar-refractivity contribution is 9.10. The van der Waals surface area contributed by atoms with E-state index >= 15 is 0 Å². The first-order chi connectivity index (χ1) is 21.8. The zero-order valence-electron chi connectivity index (χ0n) is 24.8. The van der Waals surface area contributed by atoms with Gasteiger partial charge in [-0.05, 0) is 89.0 Å². The van der Waals surface area contributed by atoms with Gasteiger partial charge in [0.05, 0.1) is 10.9 Å². The van der Waals surface area contributed by atoms with Gasteiger partial charge in [-0.3, -0.25) is 14.6 Å². The van der Waals surface area contributed by atoms with Crippen molar-refractivity contribution in [1.29, 1.82) is 0 Å². The van der Waals surface area contributed by atoms with E-state index in [0.29, 0.717) is 49.9 Å². The van der Waals surface area contributed by atoms with Gasteiger partial charge >= 0.3 is 6.18 Å². The molecule has 1 saturated carbocycles. The number of likely N-dealkylation sites (tertiary alicyclic amines) is 1. The molecule has 1 aromatic carbocycles. The third-order valence-corrected chi connectivity index (χ3v) is 9.76. The van der Waals surface area contributed by atoms with Gasteiger partial charge in [0, 0.05) is 23.2 Å². The van der Waals surface area contributed by atoms with Gasteiger partial charge in [-0.2, -0.15) is 13.2 Å². The number of aromatic nitrogens is 5. The molecule has 1 aliphatic heterocycles. The summed E-state index contributed by atoms with van der Waals surface area (Å²) in [6.07, 6.45) is 0.214. The average Bonchev–Trinajstić information content (AvgIpc) is 3.42. The van der Waals surface area contributed by atoms with Gasteiger partial charge in [-0.15, -0.1) is 0 Å². The van der Waals surface area contributed by atoms with E-state index in [9.17, 15) is 22.8 Å². The lowest BCUT2D eigenvalue weighted by Crippen LogP contribution is -2.52. The summed E-state index contributed by atoms with van der Waals surface area (Å²) in [4.78, 5) is 46.2. The molecule has 5 heterocycles. The number of carbonyl (C=O) groups excluding carboxylic acids is 2. The summed E-state index contributed by atoms with van der Waals surface area (Å²) in [5.41, 5.74) is 8.19. The van der Waals surface area contributed by atoms with Crippen LogP contribution in [-0.2, 0) is 22.3 Å². The molecule has 4 aromatic heterocycles. The van der Waals surface area contributed by atoms with E-state index in [4.69, 9.17) is 5.73 Å². The highest BCUT2D eigenvalue weighted by atomic mass is 79.9. The van der Waals surface area contributed by atoms with Crippen molar-refractivity contribution in [3.63, 3.8) is 0 Å². The number of nitrogens with zero attached hydrogens (tertiary/aromatic N) is 6. The Morgan fingerprint density at radius 2 is 1.93 bits per heavy atom. The molecule has 2 amide bonds. The van der Waals surface area contributed by atoms with E-state index < -0.39 is 17.9 Å². The summed E-state index contributed by atoms with van der Waals surface area (Å²) in [5, 5.41) is 4.06. The zero-order valence-corrected chi connectivity index (χ0v) is 26.4. The van der Waals surface area contributed by atoms with Crippen LogP contribution in [0.4, 0.5) is 24.8 Å². The van der Waals surface area contributed by atoms with Crippen LogP contribution in [-0.4, -0.2) is 53.3 Å². The second-order valence-electron chi connectivity index (χ2n) is 12.2. The summed E-state index contributed by atoms with van der Waals surface area (Å²) in [7, 11) is 0. The molecule has 0 radical (unpaired) electrons. The summed E-state index contributed by atoms with van der Waals surface area (Å²) < 4.78 is 41.8. The molecular formula is C32H28BrF3N8O2. The van der Waals surface area contributed by atoms with Gasteiger partial charge in [-0.25, -0.2) is 15.0 Å². The maximum absolute atomic E-state index is 14.3. The molecule has 0 spiro atoms. The largest absolute Gasteiger partial charge is 0.433 e. The first-order valence-electron chi connectivity index (χ1n) is 14.7. The summed E-state index contributed by atoms with van der Waals surface area (Å²) >= 11 is 3.33. The maximum atomic E-state index is 14.3. The number of nitrogen functional groups attached to an aromatic ring is 1. The maximum Gasteiger partial charge on any atom is 0.433 e. The predicted octanol–water partition coefficient (Wildman–Crippen LogP) is 6.12. The molecule has 7 rings (SSSR count). The van der Waals surface area contributed by atoms with Crippen molar-refractivity contribution in [2.75, 3.05) is 11.1 Å². The smallest absolute Gasteiger partial charge is 0.383 e. The molecule has 10 nitrogen and oxygen atoms in total. The van der Waals surface area contributed by atoms with Crippen molar-refractivity contribution >= 4 is 61.3 Å². The Hall–Kier alpha value is -4.59. The van der Waals surface area contributed by atoms with E-state index in [1.54, 1.807) is 33.7 Å². The van der Waals surface area contributed by atoms with Crippen molar-refractivity contribution < 1.29 is 22.8 Å². The van der Waals surface area contributed by atoms with Crippen molar-refractivity contribution in [3.8, 4) is 11.1 Å². The van der Waals surface area contributed by atoms with E-state index in [1.807, 2.05) is 13.0 Å². The number of halogens is 4. The monoisotopic (exact) mass is 692 g/mol. The number of hydrogen-bond donors (Lipinski definition) is 2. The number of carbonyl (C=O) groups is 2. The van der Waals surface area contributed by atoms with Crippen LogP contribution in [0.1, 0.15) is 37.4 Å². The van der Waals surface area contributed by atoms with Crippen molar-refractivity contribution in [3.05, 3.63) is 70.8 Å². The molecular weight excluding hydrogens is 665 g/mol. The van der Waals surface area contributed by atoms with Crippen molar-refractivity contribution in [1.82, 2.24) is 29.4 Å². The van der Waals surface area contributed by atoms with Gasteiger partial charge in [0.2, 0.25) is 11.8 Å². The second-order valence-corrected chi connectivity index (χ2v) is 13.0. The number of amides is 2. The SMILES string of the molecule is Cc1cc(-c2ccc(C(F)(F)F)nc2)cc2c3c(N)ncnc3n(CC(=O)N3[C@H](C(=O)Nc4cccc(Br)n4)C[C@@]4(C)CC[C@@H]34)c12. The number of benzene rings is 1. The van der Waals surface area contributed by atoms with Crippen LogP contribution in [0.15, 0.2) is 59.6 Å². The molecule has 0 bridgehead atoms. The fourth-order valence-corrected chi connectivity index (χ4v) is 7.39. The first-order valence-corrected chi connectivity index (χ1v) is 15.4. The molecule has 2 fully saturated rings. The number of anilines is 2. The lowest BCUT2D eigenvalue weighted by atomic mass is 9.66. The Labute approximate surface area is 269 Å². The summed E-state index contributed by atoms with van der Waals surface area (Å²) in [6, 6.07) is 10.4. The lowest BCUT2D eigenvalue weighted by molar-refractivity contribution is -0.141. The molecule has 1 saturated heterocycles. The number of nitrogens with two attached hydrogens (primary N) is 1. The summed E-state index contributed by atoms with van der Waals surface area (Å²) in [5.74, 6) is 0.0618. The van der Waals surface area contributed by atoms with E-state index in [1.165, 1.54) is 18.6 Å². The van der Waals surface area contributed by atoms with Gasteiger partial charge in [0.25, 0.3) is 0 Å². The standard InChI is InChI=1S/C32H28BrF3N8O2/c1-16-10-18(17-6-7-21(38-13-17)32(34,35)36)11-19-26-28(37)39-15-40-29(26)43(27(16)19)14-25(45)44-20(12-31(2)9-8-22(31)44)30(46)42-24-5-3-4-23(33)41-24/h3-7,10-11,13,15,20,22H,8-9,12,14H2,1-2H3,(H2,37,39,40)(H,41,42,46)/t20-,22+,31+/m0/s1. The quantitative estimate of drug-likeness (QED) is 0.212. The number of nitrogens with one attached hydrogen (secondary N) is 1. The van der Waals surface area contributed by atoms with Crippen LogP contribution < -0.4 is 11.1 Å². The second kappa shape index (κ2) is 10.7. The number of rotatable bonds is 5. The number of pyridine rings is 2. The molecule has 3 N–H and O–H groups in total. The van der Waals surface area contributed by atoms with Crippen LogP contribution in [0, 0.1) is 12.3 Å². The average molecular weight is 694 g/mol. The number of aryl methyl sites for hydroxylation is 1. The zero-order chi connectivity index (χ0) is 32.5. The van der Waals surface area contributed by atoms with E-state index in [2.05, 4.69) is 48.1 Å². The van der Waals surface area contributed by atoms with Crippen LogP contribution in [0.5, 0.6) is 0 Å². The Kier molecular flexibility index (Phi) is 7.03. The molecule has 1 aliphatic carbocycles. The topological polar surface area (TPSA) is 132 Å². The van der Waals surface area contributed by atoms with E-state index in [0.717, 1.165) is 24.5 Å². The first kappa shape index (κ1) is 30.1. The summed E-state index contributed by atoms with van der Waals surface area (Å²) in [6.45, 7) is 3.86. The lowest BCUT2D eigenvalue weighted by Gasteiger charge is -2.44. The molecule has 46 heavy (non-hydrogen) atoms. The minimum Gasteiger partial charge on any atom is -0.383 e. The minimum absolute atomic E-state index is 0.0844. The Morgan fingerprint density at radius 1 is 1.13 bits per heavy atom. The highest BCUT2D eigenvalue weighted by Crippen LogP contribution is 2.54. The third kappa shape index (κ3) is 4.95. The number of fused-ring (bicyclic) bond motifs is 4. The van der Waals surface area contributed by atoms with Gasteiger partial charge in [0.1, 0.15) is 46.5 Å². The predicted molar refractivity (Wildman–Crippen MR) is 169 cm³/mol.